The van der Waals surface area contributed by atoms with Gasteiger partial charge in [0.05, 0.1) is 24.4 Å². The third kappa shape index (κ3) is 2.25. The highest BCUT2D eigenvalue weighted by molar-refractivity contribution is 6.62. The molecule has 0 unspecified atom stereocenters. The molecule has 0 aromatic carbocycles. The Kier molecular flexibility index (Phi) is 3.39. The van der Waals surface area contributed by atoms with Gasteiger partial charge in [-0.05, 0) is 41.5 Å². The molecule has 106 valence electrons. The first-order valence-corrected chi connectivity index (χ1v) is 6.54. The zero-order valence-corrected chi connectivity index (χ0v) is 12.7. The van der Waals surface area contributed by atoms with E-state index >= 15 is 0 Å². The van der Waals surface area contributed by atoms with E-state index in [2.05, 4.69) is 10.3 Å². The first-order chi connectivity index (χ1) is 8.69. The Bertz CT molecular complexity index is 455. The highest BCUT2D eigenvalue weighted by Gasteiger charge is 2.54. The molecule has 1 aromatic rings. The predicted molar refractivity (Wildman–Crippen MR) is 72.7 cm³/mol. The lowest BCUT2D eigenvalue weighted by Gasteiger charge is -2.32. The second-order valence-electron chi connectivity index (χ2n) is 6.11. The number of aromatic nitrogens is 3. The molecule has 0 bridgehead atoms. The summed E-state index contributed by atoms with van der Waals surface area (Å²) < 4.78 is 19.1. The lowest BCUT2D eigenvalue weighted by Crippen LogP contribution is -2.41. The molecule has 0 atom stereocenters. The van der Waals surface area contributed by atoms with E-state index in [9.17, 15) is 0 Å². The molecular formula is C12H22BN3O3. The van der Waals surface area contributed by atoms with Crippen molar-refractivity contribution >= 4 is 12.7 Å². The summed E-state index contributed by atoms with van der Waals surface area (Å²) in [7, 11) is 1.05. The molecule has 0 N–H and O–H groups in total. The van der Waals surface area contributed by atoms with Crippen LogP contribution in [-0.2, 0) is 9.31 Å². The van der Waals surface area contributed by atoms with Gasteiger partial charge in [0.2, 0.25) is 5.88 Å². The summed E-state index contributed by atoms with van der Waals surface area (Å²) in [6.07, 6.45) is 0. The fraction of sp³-hybridized carbons (Fsp3) is 0.833. The van der Waals surface area contributed by atoms with E-state index in [-0.39, 0.29) is 6.04 Å². The van der Waals surface area contributed by atoms with E-state index in [0.29, 0.717) is 11.5 Å². The second kappa shape index (κ2) is 4.49. The minimum absolute atomic E-state index is 0.165. The largest absolute Gasteiger partial charge is 0.522 e. The molecule has 2 heterocycles. The number of methoxy groups -OCH3 is 1. The van der Waals surface area contributed by atoms with Gasteiger partial charge < -0.3 is 14.0 Å². The number of nitrogens with zero attached hydrogens (tertiary/aromatic N) is 3. The molecule has 1 aliphatic rings. The van der Waals surface area contributed by atoms with Crippen LogP contribution in [0.25, 0.3) is 0 Å². The molecular weight excluding hydrogens is 245 g/mol. The number of ether oxygens (including phenoxy) is 1. The molecule has 0 radical (unpaired) electrons. The zero-order chi connectivity index (χ0) is 14.4. The van der Waals surface area contributed by atoms with Gasteiger partial charge in [-0.3, -0.25) is 0 Å². The van der Waals surface area contributed by atoms with Crippen LogP contribution < -0.4 is 10.3 Å². The first kappa shape index (κ1) is 14.3. The van der Waals surface area contributed by atoms with Crippen molar-refractivity contribution in [1.29, 1.82) is 0 Å². The van der Waals surface area contributed by atoms with Crippen LogP contribution >= 0.6 is 0 Å². The molecule has 7 heteroatoms. The van der Waals surface area contributed by atoms with E-state index in [0.717, 1.165) is 0 Å². The van der Waals surface area contributed by atoms with Crippen molar-refractivity contribution in [2.24, 2.45) is 0 Å². The zero-order valence-electron chi connectivity index (χ0n) is 12.7. The van der Waals surface area contributed by atoms with E-state index < -0.39 is 18.3 Å². The maximum absolute atomic E-state index is 5.97. The predicted octanol–water partition coefficient (Wildman–Crippen LogP) is 1.17. The Morgan fingerprint density at radius 1 is 1.16 bits per heavy atom. The lowest BCUT2D eigenvalue weighted by molar-refractivity contribution is 0.00578. The highest BCUT2D eigenvalue weighted by Crippen LogP contribution is 2.37. The van der Waals surface area contributed by atoms with E-state index in [1.165, 1.54) is 0 Å². The molecule has 1 fully saturated rings. The molecule has 0 saturated carbocycles. The molecule has 0 aliphatic carbocycles. The summed E-state index contributed by atoms with van der Waals surface area (Å²) >= 11 is 0. The maximum Gasteiger partial charge on any atom is 0.522 e. The Labute approximate surface area is 114 Å². The van der Waals surface area contributed by atoms with Crippen LogP contribution in [0.1, 0.15) is 47.6 Å². The number of rotatable bonds is 3. The standard InChI is InChI=1S/C12H22BN3O3/c1-8(2)16-10(17-7)9(14-15-16)13-18-11(3,4)12(5,6)19-13/h8H,1-7H3. The molecule has 19 heavy (non-hydrogen) atoms. The summed E-state index contributed by atoms with van der Waals surface area (Å²) in [5.41, 5.74) is -0.205. The highest BCUT2D eigenvalue weighted by atomic mass is 16.7. The third-order valence-corrected chi connectivity index (χ3v) is 3.84. The lowest BCUT2D eigenvalue weighted by atomic mass is 9.85. The van der Waals surface area contributed by atoms with Crippen LogP contribution in [0.2, 0.25) is 0 Å². The van der Waals surface area contributed by atoms with Crippen LogP contribution in [0.5, 0.6) is 5.88 Å². The van der Waals surface area contributed by atoms with E-state index in [4.69, 9.17) is 14.0 Å². The molecule has 1 aromatic heterocycles. The van der Waals surface area contributed by atoms with Gasteiger partial charge in [0.1, 0.15) is 0 Å². The van der Waals surface area contributed by atoms with Crippen LogP contribution in [0.15, 0.2) is 0 Å². The average Bonchev–Trinajstić information content (AvgIpc) is 2.77. The van der Waals surface area contributed by atoms with Crippen molar-refractivity contribution < 1.29 is 14.0 Å². The minimum Gasteiger partial charge on any atom is -0.480 e. The average molecular weight is 267 g/mol. The van der Waals surface area contributed by atoms with Gasteiger partial charge >= 0.3 is 7.12 Å². The molecule has 0 amide bonds. The van der Waals surface area contributed by atoms with Crippen molar-refractivity contribution in [2.75, 3.05) is 7.11 Å². The SMILES string of the molecule is COc1c(B2OC(C)(C)C(C)(C)O2)nnn1C(C)C. The molecule has 6 nitrogen and oxygen atoms in total. The van der Waals surface area contributed by atoms with Gasteiger partial charge in [-0.15, -0.1) is 5.10 Å². The fourth-order valence-corrected chi connectivity index (χ4v) is 1.94. The van der Waals surface area contributed by atoms with Gasteiger partial charge in [-0.2, -0.15) is 0 Å². The van der Waals surface area contributed by atoms with Crippen LogP contribution in [0.4, 0.5) is 0 Å². The Morgan fingerprint density at radius 2 is 1.68 bits per heavy atom. The number of hydrogen-bond acceptors (Lipinski definition) is 5. The van der Waals surface area contributed by atoms with Crippen molar-refractivity contribution in [2.45, 2.75) is 58.8 Å². The van der Waals surface area contributed by atoms with Gasteiger partial charge in [0.25, 0.3) is 0 Å². The molecule has 2 rings (SSSR count). The fourth-order valence-electron chi connectivity index (χ4n) is 1.94. The van der Waals surface area contributed by atoms with Crippen molar-refractivity contribution in [3.05, 3.63) is 0 Å². The monoisotopic (exact) mass is 267 g/mol. The second-order valence-corrected chi connectivity index (χ2v) is 6.11. The van der Waals surface area contributed by atoms with Crippen molar-refractivity contribution in [1.82, 2.24) is 15.0 Å². The molecule has 0 spiro atoms. The normalized spacial score (nSPS) is 21.2. The van der Waals surface area contributed by atoms with Crippen LogP contribution in [0.3, 0.4) is 0 Å². The van der Waals surface area contributed by atoms with Crippen LogP contribution in [0, 0.1) is 0 Å². The summed E-state index contributed by atoms with van der Waals surface area (Å²) in [5.74, 6) is 0.591. The van der Waals surface area contributed by atoms with Gasteiger partial charge in [-0.25, -0.2) is 4.68 Å². The first-order valence-electron chi connectivity index (χ1n) is 6.54. The summed E-state index contributed by atoms with van der Waals surface area (Å²) in [5, 5.41) is 8.27. The van der Waals surface area contributed by atoms with Crippen molar-refractivity contribution in [3.63, 3.8) is 0 Å². The van der Waals surface area contributed by atoms with Crippen molar-refractivity contribution in [3.8, 4) is 5.88 Å². The smallest absolute Gasteiger partial charge is 0.480 e. The third-order valence-electron chi connectivity index (χ3n) is 3.84. The Balaban J connectivity index is 2.35. The Morgan fingerprint density at radius 3 is 2.11 bits per heavy atom. The summed E-state index contributed by atoms with van der Waals surface area (Å²) in [4.78, 5) is 0. The summed E-state index contributed by atoms with van der Waals surface area (Å²) in [6.45, 7) is 12.1. The van der Waals surface area contributed by atoms with E-state index in [1.54, 1.807) is 11.8 Å². The van der Waals surface area contributed by atoms with Crippen LogP contribution in [-0.4, -0.2) is 40.4 Å². The van der Waals surface area contributed by atoms with Gasteiger partial charge in [-0.1, -0.05) is 5.21 Å². The van der Waals surface area contributed by atoms with E-state index in [1.807, 2.05) is 41.5 Å². The minimum atomic E-state index is -0.549. The topological polar surface area (TPSA) is 58.4 Å². The number of hydrogen-bond donors (Lipinski definition) is 0. The maximum atomic E-state index is 5.97. The van der Waals surface area contributed by atoms with Gasteiger partial charge in [0, 0.05) is 0 Å². The van der Waals surface area contributed by atoms with Gasteiger partial charge in [0.15, 0.2) is 5.59 Å². The molecule has 1 saturated heterocycles. The molecule has 1 aliphatic heterocycles. The quantitative estimate of drug-likeness (QED) is 0.769. The summed E-state index contributed by atoms with van der Waals surface area (Å²) in [6, 6.07) is 0.165. The Hall–Kier alpha value is -1.08.